The molecule has 138 valence electrons. The lowest BCUT2D eigenvalue weighted by molar-refractivity contribution is -0.126. The SMILES string of the molecule is O=C(NCCc1cccc(F)c1)C1CCN(C2CCS(=O)(=O)C2)CC1. The van der Waals surface area contributed by atoms with Crippen molar-refractivity contribution in [1.82, 2.24) is 10.2 Å². The minimum absolute atomic E-state index is 0.0123. The highest BCUT2D eigenvalue weighted by atomic mass is 32.2. The van der Waals surface area contributed by atoms with E-state index in [4.69, 9.17) is 0 Å². The fourth-order valence-electron chi connectivity index (χ4n) is 3.76. The summed E-state index contributed by atoms with van der Waals surface area (Å²) in [6.45, 7) is 2.06. The maximum absolute atomic E-state index is 13.1. The Morgan fingerprint density at radius 2 is 2.00 bits per heavy atom. The number of nitrogens with zero attached hydrogens (tertiary/aromatic N) is 1. The van der Waals surface area contributed by atoms with Gasteiger partial charge in [0.15, 0.2) is 9.84 Å². The molecular weight excluding hydrogens is 343 g/mol. The summed E-state index contributed by atoms with van der Waals surface area (Å²) in [4.78, 5) is 14.5. The first-order valence-electron chi connectivity index (χ1n) is 8.89. The number of carbonyl (C=O) groups is 1. The topological polar surface area (TPSA) is 66.5 Å². The smallest absolute Gasteiger partial charge is 0.223 e. The number of amides is 1. The van der Waals surface area contributed by atoms with Crippen molar-refractivity contribution in [1.29, 1.82) is 0 Å². The summed E-state index contributed by atoms with van der Waals surface area (Å²) < 4.78 is 36.3. The molecule has 1 atom stereocenters. The van der Waals surface area contributed by atoms with Gasteiger partial charge >= 0.3 is 0 Å². The Balaban J connectivity index is 1.40. The van der Waals surface area contributed by atoms with Gasteiger partial charge in [-0.25, -0.2) is 12.8 Å². The first-order chi connectivity index (χ1) is 11.9. The molecule has 1 aromatic carbocycles. The Morgan fingerprint density at radius 1 is 1.24 bits per heavy atom. The monoisotopic (exact) mass is 368 g/mol. The van der Waals surface area contributed by atoms with Gasteiger partial charge in [-0.2, -0.15) is 0 Å². The van der Waals surface area contributed by atoms with E-state index in [1.54, 1.807) is 6.07 Å². The van der Waals surface area contributed by atoms with Crippen molar-refractivity contribution < 1.29 is 17.6 Å². The van der Waals surface area contributed by atoms with Gasteiger partial charge in [-0.15, -0.1) is 0 Å². The largest absolute Gasteiger partial charge is 0.356 e. The molecule has 2 saturated heterocycles. The van der Waals surface area contributed by atoms with E-state index in [2.05, 4.69) is 10.2 Å². The van der Waals surface area contributed by atoms with Crippen LogP contribution in [0.3, 0.4) is 0 Å². The number of sulfone groups is 1. The van der Waals surface area contributed by atoms with Crippen molar-refractivity contribution in [2.45, 2.75) is 31.7 Å². The van der Waals surface area contributed by atoms with Gasteiger partial charge in [0.2, 0.25) is 5.91 Å². The molecule has 1 aromatic rings. The maximum Gasteiger partial charge on any atom is 0.223 e. The van der Waals surface area contributed by atoms with Crippen molar-refractivity contribution in [2.75, 3.05) is 31.1 Å². The van der Waals surface area contributed by atoms with E-state index in [-0.39, 0.29) is 35.2 Å². The Labute approximate surface area is 148 Å². The number of likely N-dealkylation sites (tertiary alicyclic amines) is 1. The second-order valence-corrected chi connectivity index (χ2v) is 9.27. The van der Waals surface area contributed by atoms with E-state index in [0.29, 0.717) is 19.4 Å². The van der Waals surface area contributed by atoms with Gasteiger partial charge in [-0.3, -0.25) is 9.69 Å². The Bertz CT molecular complexity index is 715. The number of piperidine rings is 1. The van der Waals surface area contributed by atoms with Crippen LogP contribution in [0.1, 0.15) is 24.8 Å². The Morgan fingerprint density at radius 3 is 2.64 bits per heavy atom. The third-order valence-electron chi connectivity index (χ3n) is 5.23. The predicted octanol–water partition coefficient (Wildman–Crippen LogP) is 1.38. The predicted molar refractivity (Wildman–Crippen MR) is 94.5 cm³/mol. The zero-order valence-electron chi connectivity index (χ0n) is 14.3. The third kappa shape index (κ3) is 5.01. The number of carbonyl (C=O) groups excluding carboxylic acids is 1. The van der Waals surface area contributed by atoms with Crippen molar-refractivity contribution in [3.8, 4) is 0 Å². The fraction of sp³-hybridized carbons (Fsp3) is 0.611. The van der Waals surface area contributed by atoms with Gasteiger partial charge in [-0.1, -0.05) is 12.1 Å². The molecule has 0 radical (unpaired) electrons. The zero-order valence-corrected chi connectivity index (χ0v) is 15.1. The second-order valence-electron chi connectivity index (χ2n) is 7.04. The Hall–Kier alpha value is -1.47. The highest BCUT2D eigenvalue weighted by Crippen LogP contribution is 2.24. The summed E-state index contributed by atoms with van der Waals surface area (Å²) in [5, 5.41) is 2.94. The first kappa shape index (κ1) is 18.3. The van der Waals surface area contributed by atoms with Crippen LogP contribution in [-0.4, -0.2) is 56.4 Å². The normalized spacial score (nSPS) is 24.3. The van der Waals surface area contributed by atoms with Gasteiger partial charge in [0.25, 0.3) is 0 Å². The highest BCUT2D eigenvalue weighted by molar-refractivity contribution is 7.91. The summed E-state index contributed by atoms with van der Waals surface area (Å²) in [6, 6.07) is 6.54. The molecule has 2 aliphatic heterocycles. The van der Waals surface area contributed by atoms with E-state index in [1.807, 2.05) is 6.07 Å². The van der Waals surface area contributed by atoms with Crippen LogP contribution in [0, 0.1) is 11.7 Å². The van der Waals surface area contributed by atoms with Gasteiger partial charge < -0.3 is 5.32 Å². The molecule has 3 rings (SSSR count). The zero-order chi connectivity index (χ0) is 17.9. The van der Waals surface area contributed by atoms with Crippen molar-refractivity contribution in [3.63, 3.8) is 0 Å². The van der Waals surface area contributed by atoms with E-state index >= 15 is 0 Å². The molecule has 0 spiro atoms. The molecule has 0 saturated carbocycles. The van der Waals surface area contributed by atoms with Crippen LogP contribution >= 0.6 is 0 Å². The van der Waals surface area contributed by atoms with Crippen LogP contribution in [0.2, 0.25) is 0 Å². The molecule has 0 aliphatic carbocycles. The van der Waals surface area contributed by atoms with E-state index in [9.17, 15) is 17.6 Å². The first-order valence-corrected chi connectivity index (χ1v) is 10.7. The molecule has 1 unspecified atom stereocenters. The van der Waals surface area contributed by atoms with Crippen molar-refractivity contribution in [2.24, 2.45) is 5.92 Å². The van der Waals surface area contributed by atoms with E-state index < -0.39 is 9.84 Å². The molecule has 1 N–H and O–H groups in total. The molecule has 1 amide bonds. The summed E-state index contributed by atoms with van der Waals surface area (Å²) >= 11 is 0. The number of benzene rings is 1. The maximum atomic E-state index is 13.1. The van der Waals surface area contributed by atoms with E-state index in [0.717, 1.165) is 31.5 Å². The van der Waals surface area contributed by atoms with Crippen LogP contribution in [0.15, 0.2) is 24.3 Å². The van der Waals surface area contributed by atoms with Crippen LogP contribution in [0.5, 0.6) is 0 Å². The van der Waals surface area contributed by atoms with Gasteiger partial charge in [0.05, 0.1) is 11.5 Å². The molecule has 2 aliphatic rings. The summed E-state index contributed by atoms with van der Waals surface area (Å²) in [5.41, 5.74) is 0.873. The van der Waals surface area contributed by atoms with Crippen LogP contribution < -0.4 is 5.32 Å². The third-order valence-corrected chi connectivity index (χ3v) is 6.98. The second kappa shape index (κ2) is 7.83. The average molecular weight is 368 g/mol. The molecule has 0 aromatic heterocycles. The minimum Gasteiger partial charge on any atom is -0.356 e. The number of nitrogens with one attached hydrogen (secondary N) is 1. The Kier molecular flexibility index (Phi) is 5.74. The van der Waals surface area contributed by atoms with Crippen molar-refractivity contribution >= 4 is 15.7 Å². The molecular formula is C18H25FN2O3S. The van der Waals surface area contributed by atoms with Gasteiger partial charge in [-0.05, 0) is 56.5 Å². The number of hydrogen-bond donors (Lipinski definition) is 1. The molecule has 0 bridgehead atoms. The molecule has 2 fully saturated rings. The van der Waals surface area contributed by atoms with Gasteiger partial charge in [0, 0.05) is 18.5 Å². The van der Waals surface area contributed by atoms with Crippen LogP contribution in [-0.2, 0) is 21.1 Å². The summed E-state index contributed by atoms with van der Waals surface area (Å²) in [7, 11) is -2.86. The summed E-state index contributed by atoms with van der Waals surface area (Å²) in [6.07, 6.45) is 2.86. The lowest BCUT2D eigenvalue weighted by atomic mass is 9.94. The number of hydrogen-bond acceptors (Lipinski definition) is 4. The van der Waals surface area contributed by atoms with Gasteiger partial charge in [0.1, 0.15) is 5.82 Å². The quantitative estimate of drug-likeness (QED) is 0.853. The lowest BCUT2D eigenvalue weighted by Crippen LogP contribution is -2.45. The number of halogens is 1. The van der Waals surface area contributed by atoms with Crippen LogP contribution in [0.25, 0.3) is 0 Å². The average Bonchev–Trinajstić information content (AvgIpc) is 2.95. The molecule has 7 heteroatoms. The minimum atomic E-state index is -2.86. The van der Waals surface area contributed by atoms with Crippen LogP contribution in [0.4, 0.5) is 4.39 Å². The molecule has 25 heavy (non-hydrogen) atoms. The lowest BCUT2D eigenvalue weighted by Gasteiger charge is -2.34. The molecule has 2 heterocycles. The fourth-order valence-corrected chi connectivity index (χ4v) is 5.52. The number of rotatable bonds is 5. The standard InChI is InChI=1S/C18H25FN2O3S/c19-16-3-1-2-14(12-16)4-8-20-18(22)15-5-9-21(10-6-15)17-7-11-25(23,24)13-17/h1-3,12,15,17H,4-11,13H2,(H,20,22). The van der Waals surface area contributed by atoms with E-state index in [1.165, 1.54) is 12.1 Å². The summed E-state index contributed by atoms with van der Waals surface area (Å²) in [5.74, 6) is 0.331. The molecule has 5 nitrogen and oxygen atoms in total. The van der Waals surface area contributed by atoms with Crippen molar-refractivity contribution in [3.05, 3.63) is 35.6 Å². The highest BCUT2D eigenvalue weighted by Gasteiger charge is 2.35.